The van der Waals surface area contributed by atoms with E-state index < -0.39 is 4.92 Å². The average Bonchev–Trinajstić information content (AvgIpc) is 3.19. The van der Waals surface area contributed by atoms with Crippen molar-refractivity contribution in [2.75, 3.05) is 17.2 Å². The summed E-state index contributed by atoms with van der Waals surface area (Å²) in [5.41, 5.74) is -0.0837. The fourth-order valence-electron chi connectivity index (χ4n) is 1.91. The Kier molecular flexibility index (Phi) is 4.53. The second-order valence-electron chi connectivity index (χ2n) is 4.99. The van der Waals surface area contributed by atoms with E-state index in [1.165, 1.54) is 11.1 Å². The fourth-order valence-corrected chi connectivity index (χ4v) is 3.39. The van der Waals surface area contributed by atoms with Crippen LogP contribution in [0.1, 0.15) is 17.7 Å². The highest BCUT2D eigenvalue weighted by Crippen LogP contribution is 2.29. The Bertz CT molecular complexity index is 689. The molecule has 0 unspecified atom stereocenters. The molecule has 1 aliphatic rings. The molecule has 2 N–H and O–H groups in total. The molecule has 22 heavy (non-hydrogen) atoms. The summed E-state index contributed by atoms with van der Waals surface area (Å²) in [5.74, 6) is 0.702. The van der Waals surface area contributed by atoms with Gasteiger partial charge in [0.25, 0.3) is 0 Å². The highest BCUT2D eigenvalue weighted by atomic mass is 79.9. The molecule has 0 atom stereocenters. The highest BCUT2D eigenvalue weighted by Gasteiger charge is 2.26. The van der Waals surface area contributed by atoms with E-state index in [9.17, 15) is 10.1 Å². The first kappa shape index (κ1) is 15.2. The third-order valence-electron chi connectivity index (χ3n) is 3.17. The van der Waals surface area contributed by atoms with E-state index in [0.29, 0.717) is 24.4 Å². The Labute approximate surface area is 139 Å². The van der Waals surface area contributed by atoms with Crippen molar-refractivity contribution in [1.29, 1.82) is 0 Å². The molecular weight excluding hydrogens is 370 g/mol. The Morgan fingerprint density at radius 3 is 2.91 bits per heavy atom. The van der Waals surface area contributed by atoms with Gasteiger partial charge in [-0.05, 0) is 47.3 Å². The zero-order chi connectivity index (χ0) is 15.5. The Hall–Kier alpha value is -1.74. The van der Waals surface area contributed by atoms with Crippen LogP contribution in [0.15, 0.2) is 22.1 Å². The second-order valence-corrected chi connectivity index (χ2v) is 7.53. The van der Waals surface area contributed by atoms with E-state index in [0.717, 1.165) is 23.0 Å². The van der Waals surface area contributed by atoms with Gasteiger partial charge in [-0.25, -0.2) is 4.98 Å². The maximum atomic E-state index is 11.0. The molecule has 2 aromatic heterocycles. The van der Waals surface area contributed by atoms with Gasteiger partial charge in [0.15, 0.2) is 0 Å². The molecule has 116 valence electrons. The summed E-state index contributed by atoms with van der Waals surface area (Å²) in [6.45, 7) is 0.674. The van der Waals surface area contributed by atoms with Crippen LogP contribution in [0.2, 0.25) is 0 Å². The van der Waals surface area contributed by atoms with Crippen molar-refractivity contribution < 1.29 is 4.92 Å². The molecule has 1 saturated carbocycles. The maximum Gasteiger partial charge on any atom is 0.329 e. The van der Waals surface area contributed by atoms with Gasteiger partial charge in [-0.15, -0.1) is 11.3 Å². The number of hydrogen-bond donors (Lipinski definition) is 2. The summed E-state index contributed by atoms with van der Waals surface area (Å²) in [6, 6.07) is 4.37. The van der Waals surface area contributed by atoms with E-state index in [-0.39, 0.29) is 5.69 Å². The number of anilines is 2. The first-order valence-corrected chi connectivity index (χ1v) is 8.49. The van der Waals surface area contributed by atoms with Crippen molar-refractivity contribution in [3.63, 3.8) is 0 Å². The van der Waals surface area contributed by atoms with Gasteiger partial charge in [0, 0.05) is 17.5 Å². The molecule has 0 spiro atoms. The molecule has 0 saturated heterocycles. The van der Waals surface area contributed by atoms with Gasteiger partial charge in [-0.2, -0.15) is 4.98 Å². The molecule has 9 heteroatoms. The van der Waals surface area contributed by atoms with Gasteiger partial charge in [0.2, 0.25) is 11.8 Å². The molecule has 1 aliphatic carbocycles. The summed E-state index contributed by atoms with van der Waals surface area (Å²) < 4.78 is 1.10. The molecule has 2 aromatic rings. The van der Waals surface area contributed by atoms with Crippen LogP contribution < -0.4 is 10.6 Å². The third kappa shape index (κ3) is 3.92. The predicted octanol–water partition coefficient (Wildman–Crippen LogP) is 3.44. The number of hydrogen-bond acceptors (Lipinski definition) is 7. The van der Waals surface area contributed by atoms with Crippen molar-refractivity contribution in [1.82, 2.24) is 9.97 Å². The zero-order valence-electron chi connectivity index (χ0n) is 11.6. The molecule has 3 rings (SSSR count). The maximum absolute atomic E-state index is 11.0. The van der Waals surface area contributed by atoms with Gasteiger partial charge in [0.05, 0.1) is 8.71 Å². The Morgan fingerprint density at radius 2 is 2.27 bits per heavy atom. The number of halogens is 1. The molecule has 0 radical (unpaired) electrons. The first-order chi connectivity index (χ1) is 10.6. The summed E-state index contributed by atoms with van der Waals surface area (Å²) >= 11 is 5.11. The van der Waals surface area contributed by atoms with Crippen molar-refractivity contribution in [3.8, 4) is 0 Å². The van der Waals surface area contributed by atoms with Crippen LogP contribution in [0.3, 0.4) is 0 Å². The minimum Gasteiger partial charge on any atom is -0.361 e. The van der Waals surface area contributed by atoms with Crippen LogP contribution in [-0.4, -0.2) is 27.5 Å². The lowest BCUT2D eigenvalue weighted by molar-refractivity contribution is -0.384. The third-order valence-corrected chi connectivity index (χ3v) is 4.85. The second kappa shape index (κ2) is 6.57. The molecule has 0 aromatic carbocycles. The van der Waals surface area contributed by atoms with Gasteiger partial charge < -0.3 is 10.6 Å². The molecule has 7 nitrogen and oxygen atoms in total. The van der Waals surface area contributed by atoms with Crippen molar-refractivity contribution in [2.45, 2.75) is 25.3 Å². The van der Waals surface area contributed by atoms with Crippen molar-refractivity contribution in [2.24, 2.45) is 0 Å². The van der Waals surface area contributed by atoms with Crippen molar-refractivity contribution in [3.05, 3.63) is 37.1 Å². The van der Waals surface area contributed by atoms with Crippen LogP contribution in [0.5, 0.6) is 0 Å². The minimum atomic E-state index is -0.461. The minimum absolute atomic E-state index is 0.0837. The molecular formula is C13H14BrN5O2S. The topological polar surface area (TPSA) is 93.0 Å². The lowest BCUT2D eigenvalue weighted by Crippen LogP contribution is -2.11. The largest absolute Gasteiger partial charge is 0.361 e. The van der Waals surface area contributed by atoms with Crippen LogP contribution >= 0.6 is 27.3 Å². The number of aromatic nitrogens is 2. The lowest BCUT2D eigenvalue weighted by atomic mass is 10.3. The van der Waals surface area contributed by atoms with Gasteiger partial charge in [-0.1, -0.05) is 0 Å². The number of rotatable bonds is 7. The van der Waals surface area contributed by atoms with Gasteiger partial charge in [0.1, 0.15) is 6.20 Å². The lowest BCUT2D eigenvalue weighted by Gasteiger charge is -2.07. The van der Waals surface area contributed by atoms with E-state index in [1.54, 1.807) is 11.3 Å². The quantitative estimate of drug-likeness (QED) is 0.561. The zero-order valence-corrected chi connectivity index (χ0v) is 14.0. The number of nitrogens with zero attached hydrogens (tertiary/aromatic N) is 3. The van der Waals surface area contributed by atoms with Crippen LogP contribution in [-0.2, 0) is 6.42 Å². The highest BCUT2D eigenvalue weighted by molar-refractivity contribution is 9.11. The van der Waals surface area contributed by atoms with Crippen molar-refractivity contribution >= 4 is 44.7 Å². The number of thiophene rings is 1. The molecule has 0 aliphatic heterocycles. The first-order valence-electron chi connectivity index (χ1n) is 6.88. The average molecular weight is 384 g/mol. The number of nitro groups is 1. The molecule has 0 bridgehead atoms. The van der Waals surface area contributed by atoms with Gasteiger partial charge >= 0.3 is 5.69 Å². The smallest absolute Gasteiger partial charge is 0.329 e. The van der Waals surface area contributed by atoms with Gasteiger partial charge in [-0.3, -0.25) is 10.1 Å². The summed E-state index contributed by atoms with van der Waals surface area (Å²) in [6.07, 6.45) is 4.15. The summed E-state index contributed by atoms with van der Waals surface area (Å²) in [4.78, 5) is 20.0. The normalized spacial score (nSPS) is 13.9. The predicted molar refractivity (Wildman–Crippen MR) is 89.5 cm³/mol. The molecule has 0 amide bonds. The SMILES string of the molecule is O=[N+]([O-])c1cnc(NCCc2ccc(Br)s2)nc1NC1CC1. The number of nitrogens with one attached hydrogen (secondary N) is 2. The monoisotopic (exact) mass is 383 g/mol. The molecule has 2 heterocycles. The standard InChI is InChI=1S/C13H14BrN5O2S/c14-11-4-3-9(22-11)5-6-15-13-16-7-10(19(20)21)12(18-13)17-8-1-2-8/h3-4,7-8H,1-2,5-6H2,(H2,15,16,17,18). The van der Waals surface area contributed by atoms with E-state index in [4.69, 9.17) is 0 Å². The fraction of sp³-hybridized carbons (Fsp3) is 0.385. The van der Waals surface area contributed by atoms with E-state index >= 15 is 0 Å². The Morgan fingerprint density at radius 1 is 1.45 bits per heavy atom. The van der Waals surface area contributed by atoms with Crippen LogP contribution in [0.25, 0.3) is 0 Å². The summed E-state index contributed by atoms with van der Waals surface area (Å²) in [7, 11) is 0. The van der Waals surface area contributed by atoms with Crippen LogP contribution in [0, 0.1) is 10.1 Å². The summed E-state index contributed by atoms with van der Waals surface area (Å²) in [5, 5.41) is 17.2. The molecule has 1 fully saturated rings. The van der Waals surface area contributed by atoms with Crippen LogP contribution in [0.4, 0.5) is 17.5 Å². The van der Waals surface area contributed by atoms with E-state index in [1.807, 2.05) is 6.07 Å². The Balaban J connectivity index is 1.64. The van der Waals surface area contributed by atoms with E-state index in [2.05, 4.69) is 42.6 Å².